The molecule has 5 nitrogen and oxygen atoms in total. The van der Waals surface area contributed by atoms with Crippen molar-refractivity contribution < 1.29 is 18.7 Å². The fourth-order valence-corrected chi connectivity index (χ4v) is 4.62. The van der Waals surface area contributed by atoms with Crippen LogP contribution >= 0.6 is 36.6 Å². The minimum absolute atomic E-state index is 0. The van der Waals surface area contributed by atoms with Gasteiger partial charge in [0.15, 0.2) is 0 Å². The molecular formula is C26H39Cl2F2N3O2S. The molecule has 0 aliphatic carbocycles. The number of nitrogens with two attached hydrogens (primary N) is 1. The first kappa shape index (κ1) is 34.6. The summed E-state index contributed by atoms with van der Waals surface area (Å²) < 4.78 is 27.4. The molecule has 2 rings (SSSR count). The maximum atomic E-state index is 13.7. The zero-order chi connectivity index (χ0) is 24.9. The fraction of sp³-hybridized carbons (Fsp3) is 0.500. The number of benzene rings is 2. The Morgan fingerprint density at radius 1 is 1.06 bits per heavy atom. The number of carbonyl (C=O) groups excluding carboxylic acids is 1. The van der Waals surface area contributed by atoms with Crippen molar-refractivity contribution in [3.63, 3.8) is 0 Å². The molecular weight excluding hydrogens is 527 g/mol. The van der Waals surface area contributed by atoms with Gasteiger partial charge in [-0.1, -0.05) is 44.5 Å². The molecule has 1 amide bonds. The highest BCUT2D eigenvalue weighted by Crippen LogP contribution is 2.13. The number of hydrogen-bond donors (Lipinski definition) is 4. The van der Waals surface area contributed by atoms with Gasteiger partial charge in [0, 0.05) is 24.9 Å². The lowest BCUT2D eigenvalue weighted by Crippen LogP contribution is -2.53. The summed E-state index contributed by atoms with van der Waals surface area (Å²) in [4.78, 5) is 12.7. The number of rotatable bonds is 15. The molecule has 10 heteroatoms. The Kier molecular flexibility index (Phi) is 18.0. The summed E-state index contributed by atoms with van der Waals surface area (Å²) >= 11 is 1.61. The highest BCUT2D eigenvalue weighted by molar-refractivity contribution is 7.99. The molecule has 36 heavy (non-hydrogen) atoms. The average Bonchev–Trinajstić information content (AvgIpc) is 2.80. The van der Waals surface area contributed by atoms with Gasteiger partial charge in [0.2, 0.25) is 5.91 Å². The highest BCUT2D eigenvalue weighted by atomic mass is 35.5. The lowest BCUT2D eigenvalue weighted by Gasteiger charge is -2.26. The van der Waals surface area contributed by atoms with Gasteiger partial charge in [-0.15, -0.1) is 24.8 Å². The lowest BCUT2D eigenvalue weighted by atomic mass is 10.00. The SMILES string of the molecule is CCCCSC[C@@H](N)C(=O)N[C@@H](Cc1cc(F)cc(F)c1)[C@H](O)CNCc1cccc(CC)c1.Cl.Cl. The minimum atomic E-state index is -0.982. The van der Waals surface area contributed by atoms with E-state index >= 15 is 0 Å². The quantitative estimate of drug-likeness (QED) is 0.240. The van der Waals surface area contributed by atoms with E-state index in [1.807, 2.05) is 12.1 Å². The molecule has 0 aromatic heterocycles. The van der Waals surface area contributed by atoms with Crippen LogP contribution < -0.4 is 16.4 Å². The monoisotopic (exact) mass is 565 g/mol. The van der Waals surface area contributed by atoms with Crippen molar-refractivity contribution in [2.75, 3.05) is 18.1 Å². The highest BCUT2D eigenvalue weighted by Gasteiger charge is 2.25. The molecule has 0 saturated heterocycles. The van der Waals surface area contributed by atoms with Crippen LogP contribution in [0.25, 0.3) is 0 Å². The topological polar surface area (TPSA) is 87.4 Å². The van der Waals surface area contributed by atoms with Crippen molar-refractivity contribution in [3.05, 3.63) is 70.8 Å². The minimum Gasteiger partial charge on any atom is -0.390 e. The summed E-state index contributed by atoms with van der Waals surface area (Å²) in [7, 11) is 0. The van der Waals surface area contributed by atoms with Crippen LogP contribution in [0, 0.1) is 11.6 Å². The molecule has 0 unspecified atom stereocenters. The van der Waals surface area contributed by atoms with Crippen LogP contribution in [-0.4, -0.2) is 47.3 Å². The maximum Gasteiger partial charge on any atom is 0.238 e. The molecule has 0 heterocycles. The van der Waals surface area contributed by atoms with Crippen LogP contribution in [0.3, 0.4) is 0 Å². The van der Waals surface area contributed by atoms with Crippen molar-refractivity contribution in [1.29, 1.82) is 0 Å². The van der Waals surface area contributed by atoms with Gasteiger partial charge < -0.3 is 21.5 Å². The zero-order valence-corrected chi connectivity index (χ0v) is 23.3. The van der Waals surface area contributed by atoms with Gasteiger partial charge in [-0.2, -0.15) is 11.8 Å². The van der Waals surface area contributed by atoms with E-state index < -0.39 is 29.8 Å². The summed E-state index contributed by atoms with van der Waals surface area (Å²) in [6, 6.07) is 9.88. The number of amides is 1. The first-order chi connectivity index (χ1) is 16.3. The third-order valence-corrected chi connectivity index (χ3v) is 6.70. The molecule has 0 aliphatic heterocycles. The number of thioether (sulfide) groups is 1. The predicted octanol–water partition coefficient (Wildman–Crippen LogP) is 4.41. The van der Waals surface area contributed by atoms with Crippen LogP contribution in [0.15, 0.2) is 42.5 Å². The van der Waals surface area contributed by atoms with E-state index in [2.05, 4.69) is 36.6 Å². The summed E-state index contributed by atoms with van der Waals surface area (Å²) in [6.07, 6.45) is 2.15. The van der Waals surface area contributed by atoms with Crippen LogP contribution in [0.2, 0.25) is 0 Å². The number of halogens is 4. The summed E-state index contributed by atoms with van der Waals surface area (Å²) in [5, 5.41) is 16.9. The van der Waals surface area contributed by atoms with E-state index in [0.29, 0.717) is 17.9 Å². The lowest BCUT2D eigenvalue weighted by molar-refractivity contribution is -0.123. The number of carbonyl (C=O) groups is 1. The zero-order valence-electron chi connectivity index (χ0n) is 20.8. The van der Waals surface area contributed by atoms with E-state index in [-0.39, 0.29) is 43.7 Å². The summed E-state index contributed by atoms with van der Waals surface area (Å²) in [6.45, 7) is 4.93. The number of nitrogens with one attached hydrogen (secondary N) is 2. The van der Waals surface area contributed by atoms with Crippen LogP contribution in [-0.2, 0) is 24.2 Å². The normalized spacial score (nSPS) is 13.2. The molecule has 204 valence electrons. The van der Waals surface area contributed by atoms with Gasteiger partial charge >= 0.3 is 0 Å². The Hall–Kier alpha value is -1.42. The Labute approximate surface area is 230 Å². The second kappa shape index (κ2) is 18.8. The summed E-state index contributed by atoms with van der Waals surface area (Å²) in [5.41, 5.74) is 8.71. The molecule has 0 fully saturated rings. The van der Waals surface area contributed by atoms with Crippen molar-refractivity contribution in [3.8, 4) is 0 Å². The van der Waals surface area contributed by atoms with Gasteiger partial charge in [0.1, 0.15) is 11.6 Å². The molecule has 2 aromatic carbocycles. The van der Waals surface area contributed by atoms with Crippen LogP contribution in [0.5, 0.6) is 0 Å². The molecule has 0 bridgehead atoms. The third-order valence-electron chi connectivity index (χ3n) is 5.53. The average molecular weight is 567 g/mol. The van der Waals surface area contributed by atoms with E-state index in [0.717, 1.165) is 36.6 Å². The Morgan fingerprint density at radius 2 is 1.72 bits per heavy atom. The molecule has 3 atom stereocenters. The summed E-state index contributed by atoms with van der Waals surface area (Å²) in [5.74, 6) is -0.398. The Balaban J connectivity index is 0.00000612. The van der Waals surface area contributed by atoms with E-state index in [1.165, 1.54) is 17.7 Å². The fourth-order valence-electron chi connectivity index (χ4n) is 3.55. The number of aliphatic hydroxyl groups is 1. The third kappa shape index (κ3) is 12.7. The van der Waals surface area contributed by atoms with E-state index in [1.54, 1.807) is 11.8 Å². The number of aliphatic hydroxyl groups excluding tert-OH is 1. The molecule has 0 aliphatic rings. The smallest absolute Gasteiger partial charge is 0.238 e. The van der Waals surface area contributed by atoms with Crippen LogP contribution in [0.4, 0.5) is 8.78 Å². The van der Waals surface area contributed by atoms with Crippen LogP contribution in [0.1, 0.15) is 43.4 Å². The second-order valence-corrected chi connectivity index (χ2v) is 9.65. The first-order valence-corrected chi connectivity index (χ1v) is 13.0. The maximum absolute atomic E-state index is 13.7. The van der Waals surface area contributed by atoms with Crippen molar-refractivity contribution >= 4 is 42.5 Å². The predicted molar refractivity (Wildman–Crippen MR) is 150 cm³/mol. The largest absolute Gasteiger partial charge is 0.390 e. The standard InChI is InChI=1S/C26H37F2N3O2S.2ClH/c1-3-5-9-34-17-23(29)26(33)31-24(13-20-11-21(27)14-22(28)12-20)25(32)16-30-15-19-8-6-7-18(4-2)10-19;;/h6-8,10-12,14,23-25,30,32H,3-5,9,13,15-17,29H2,1-2H3,(H,31,33);2*1H/t23-,24+,25-;;/m1../s1. The van der Waals surface area contributed by atoms with Gasteiger partial charge in [0.25, 0.3) is 0 Å². The van der Waals surface area contributed by atoms with Gasteiger partial charge in [0.05, 0.1) is 18.2 Å². The van der Waals surface area contributed by atoms with E-state index in [4.69, 9.17) is 5.73 Å². The molecule has 0 radical (unpaired) electrons. The van der Waals surface area contributed by atoms with Gasteiger partial charge in [-0.3, -0.25) is 4.79 Å². The number of unbranched alkanes of at least 4 members (excludes halogenated alkanes) is 1. The first-order valence-electron chi connectivity index (χ1n) is 11.9. The second-order valence-electron chi connectivity index (χ2n) is 8.50. The van der Waals surface area contributed by atoms with Gasteiger partial charge in [-0.05, 0) is 53.8 Å². The van der Waals surface area contributed by atoms with E-state index in [9.17, 15) is 18.7 Å². The van der Waals surface area contributed by atoms with Crippen molar-refractivity contribution in [2.45, 2.75) is 64.3 Å². The molecule has 2 aromatic rings. The molecule has 0 spiro atoms. The number of aryl methyl sites for hydroxylation is 1. The molecule has 5 N–H and O–H groups in total. The number of hydrogen-bond acceptors (Lipinski definition) is 5. The Bertz CT molecular complexity index is 891. The van der Waals surface area contributed by atoms with Gasteiger partial charge in [-0.25, -0.2) is 8.78 Å². The van der Waals surface area contributed by atoms with Crippen molar-refractivity contribution in [2.24, 2.45) is 5.73 Å². The molecule has 0 saturated carbocycles. The Morgan fingerprint density at radius 3 is 2.36 bits per heavy atom. The van der Waals surface area contributed by atoms with Crippen molar-refractivity contribution in [1.82, 2.24) is 10.6 Å².